The molecule has 32 heavy (non-hydrogen) atoms. The molecule has 1 aromatic heterocycles. The molecular weight excluding hydrogens is 408 g/mol. The van der Waals surface area contributed by atoms with Crippen LogP contribution < -0.4 is 14.8 Å². The Kier molecular flexibility index (Phi) is 6.37. The summed E-state index contributed by atoms with van der Waals surface area (Å²) in [4.78, 5) is 15.6. The van der Waals surface area contributed by atoms with Gasteiger partial charge in [0.25, 0.3) is 0 Å². The van der Waals surface area contributed by atoms with E-state index in [1.165, 1.54) is 6.92 Å². The van der Waals surface area contributed by atoms with Gasteiger partial charge in [-0.2, -0.15) is 0 Å². The topological polar surface area (TPSA) is 93.8 Å². The summed E-state index contributed by atoms with van der Waals surface area (Å²) in [5.41, 5.74) is 4.40. The normalized spacial score (nSPS) is 11.9. The minimum atomic E-state index is -1.00. The number of nitrogens with zero attached hydrogens (tertiary/aromatic N) is 1. The molecule has 1 heterocycles. The number of fused-ring (bicyclic) bond motifs is 1. The molecule has 0 aliphatic carbocycles. The Morgan fingerprint density at radius 3 is 2.69 bits per heavy atom. The van der Waals surface area contributed by atoms with Gasteiger partial charge in [-0.1, -0.05) is 30.3 Å². The van der Waals surface area contributed by atoms with Crippen molar-refractivity contribution in [2.45, 2.75) is 26.1 Å². The molecular formula is C25H24N2O5. The van der Waals surface area contributed by atoms with Crippen molar-refractivity contribution in [3.05, 3.63) is 77.9 Å². The Morgan fingerprint density at radius 1 is 1.06 bits per heavy atom. The van der Waals surface area contributed by atoms with E-state index in [1.807, 2.05) is 60.7 Å². The fraction of sp³-hybridized carbons (Fsp3) is 0.200. The van der Waals surface area contributed by atoms with Gasteiger partial charge in [0.15, 0.2) is 11.7 Å². The van der Waals surface area contributed by atoms with E-state index < -0.39 is 12.1 Å². The third-order valence-electron chi connectivity index (χ3n) is 5.04. The summed E-state index contributed by atoms with van der Waals surface area (Å²) in [6.07, 6.45) is -0.906. The number of hydrogen-bond donors (Lipinski definition) is 2. The lowest BCUT2D eigenvalue weighted by Gasteiger charge is -2.13. The zero-order chi connectivity index (χ0) is 22.5. The van der Waals surface area contributed by atoms with Gasteiger partial charge in [-0.05, 0) is 54.4 Å². The molecule has 0 aliphatic heterocycles. The fourth-order valence-corrected chi connectivity index (χ4v) is 3.35. The van der Waals surface area contributed by atoms with Gasteiger partial charge in [-0.3, -0.25) is 0 Å². The number of rotatable bonds is 9. The SMILES string of the molecule is COc1ccc(CNCc2cccc(OC(C)C(=O)O)c2)c(-c2nc3ccccc3o2)c1. The van der Waals surface area contributed by atoms with Gasteiger partial charge in [-0.15, -0.1) is 0 Å². The summed E-state index contributed by atoms with van der Waals surface area (Å²) in [6.45, 7) is 2.66. The first kappa shape index (κ1) is 21.4. The molecule has 0 spiro atoms. The number of aliphatic carboxylic acids is 1. The van der Waals surface area contributed by atoms with Crippen LogP contribution in [0.4, 0.5) is 0 Å². The molecule has 0 fully saturated rings. The average molecular weight is 432 g/mol. The molecule has 7 heteroatoms. The summed E-state index contributed by atoms with van der Waals surface area (Å²) in [6, 6.07) is 20.9. The van der Waals surface area contributed by atoms with Gasteiger partial charge in [0, 0.05) is 18.7 Å². The highest BCUT2D eigenvalue weighted by molar-refractivity contribution is 5.77. The first-order valence-electron chi connectivity index (χ1n) is 10.3. The number of ether oxygens (including phenoxy) is 2. The van der Waals surface area contributed by atoms with Crippen molar-refractivity contribution < 1.29 is 23.8 Å². The molecule has 4 rings (SSSR count). The lowest BCUT2D eigenvalue weighted by molar-refractivity contribution is -0.144. The number of carboxylic acids is 1. The van der Waals surface area contributed by atoms with Crippen LogP contribution in [0.1, 0.15) is 18.1 Å². The Morgan fingerprint density at radius 2 is 1.91 bits per heavy atom. The van der Waals surface area contributed by atoms with Crippen LogP contribution in [0.3, 0.4) is 0 Å². The standard InChI is InChI=1S/C25H24N2O5/c1-16(25(28)29)31-20-7-5-6-17(12-20)14-26-15-18-10-11-19(30-2)13-21(18)24-27-22-8-3-4-9-23(22)32-24/h3-13,16,26H,14-15H2,1-2H3,(H,28,29). The second-order valence-electron chi connectivity index (χ2n) is 7.36. The highest BCUT2D eigenvalue weighted by Gasteiger charge is 2.14. The number of hydrogen-bond acceptors (Lipinski definition) is 6. The average Bonchev–Trinajstić information content (AvgIpc) is 3.23. The van der Waals surface area contributed by atoms with Crippen molar-refractivity contribution in [1.82, 2.24) is 10.3 Å². The number of methoxy groups -OCH3 is 1. The quantitative estimate of drug-likeness (QED) is 0.398. The van der Waals surface area contributed by atoms with Crippen LogP contribution in [0, 0.1) is 0 Å². The van der Waals surface area contributed by atoms with Crippen LogP contribution in [0.5, 0.6) is 11.5 Å². The smallest absolute Gasteiger partial charge is 0.344 e. The van der Waals surface area contributed by atoms with Gasteiger partial charge in [0.2, 0.25) is 5.89 Å². The molecule has 2 N–H and O–H groups in total. The lowest BCUT2D eigenvalue weighted by Crippen LogP contribution is -2.23. The largest absolute Gasteiger partial charge is 0.497 e. The van der Waals surface area contributed by atoms with E-state index in [-0.39, 0.29) is 0 Å². The van der Waals surface area contributed by atoms with Crippen LogP contribution in [-0.4, -0.2) is 29.3 Å². The second-order valence-corrected chi connectivity index (χ2v) is 7.36. The minimum Gasteiger partial charge on any atom is -0.497 e. The number of para-hydroxylation sites is 2. The predicted molar refractivity (Wildman–Crippen MR) is 121 cm³/mol. The van der Waals surface area contributed by atoms with Crippen LogP contribution in [0.25, 0.3) is 22.6 Å². The molecule has 4 aromatic rings. The van der Waals surface area contributed by atoms with Crippen molar-refractivity contribution >= 4 is 17.1 Å². The third-order valence-corrected chi connectivity index (χ3v) is 5.04. The van der Waals surface area contributed by atoms with E-state index in [4.69, 9.17) is 19.0 Å². The zero-order valence-corrected chi connectivity index (χ0v) is 17.9. The molecule has 164 valence electrons. The molecule has 7 nitrogen and oxygen atoms in total. The van der Waals surface area contributed by atoms with Crippen molar-refractivity contribution in [3.8, 4) is 23.0 Å². The fourth-order valence-electron chi connectivity index (χ4n) is 3.35. The Labute approximate surface area is 185 Å². The summed E-state index contributed by atoms with van der Waals surface area (Å²) < 4.78 is 16.8. The number of benzene rings is 3. The van der Waals surface area contributed by atoms with E-state index >= 15 is 0 Å². The molecule has 1 atom stereocenters. The zero-order valence-electron chi connectivity index (χ0n) is 17.9. The van der Waals surface area contributed by atoms with Crippen molar-refractivity contribution in [2.75, 3.05) is 7.11 Å². The first-order valence-corrected chi connectivity index (χ1v) is 10.3. The summed E-state index contributed by atoms with van der Waals surface area (Å²) in [5.74, 6) is 0.791. The highest BCUT2D eigenvalue weighted by atomic mass is 16.5. The van der Waals surface area contributed by atoms with Gasteiger partial charge in [-0.25, -0.2) is 9.78 Å². The van der Waals surface area contributed by atoms with Crippen molar-refractivity contribution in [2.24, 2.45) is 0 Å². The maximum atomic E-state index is 11.0. The van der Waals surface area contributed by atoms with Crippen LogP contribution in [0.2, 0.25) is 0 Å². The number of aromatic nitrogens is 1. The molecule has 0 bridgehead atoms. The molecule has 0 aliphatic rings. The van der Waals surface area contributed by atoms with E-state index in [0.29, 0.717) is 24.7 Å². The number of carbonyl (C=O) groups is 1. The maximum absolute atomic E-state index is 11.0. The molecule has 0 amide bonds. The van der Waals surface area contributed by atoms with Crippen molar-refractivity contribution in [1.29, 1.82) is 0 Å². The Hall–Kier alpha value is -3.84. The minimum absolute atomic E-state index is 0.524. The molecule has 0 saturated heterocycles. The molecule has 0 radical (unpaired) electrons. The molecule has 1 unspecified atom stereocenters. The van der Waals surface area contributed by atoms with E-state index in [1.54, 1.807) is 13.2 Å². The van der Waals surface area contributed by atoms with Gasteiger partial charge >= 0.3 is 5.97 Å². The number of oxazole rings is 1. The van der Waals surface area contributed by atoms with Gasteiger partial charge in [0.1, 0.15) is 17.0 Å². The monoisotopic (exact) mass is 432 g/mol. The Balaban J connectivity index is 1.50. The predicted octanol–water partition coefficient (Wildman–Crippen LogP) is 4.65. The van der Waals surface area contributed by atoms with Gasteiger partial charge in [0.05, 0.1) is 7.11 Å². The first-order chi connectivity index (χ1) is 15.5. The van der Waals surface area contributed by atoms with E-state index in [9.17, 15) is 4.79 Å². The summed E-state index contributed by atoms with van der Waals surface area (Å²) in [5, 5.41) is 12.4. The summed E-state index contributed by atoms with van der Waals surface area (Å²) >= 11 is 0. The van der Waals surface area contributed by atoms with Gasteiger partial charge < -0.3 is 24.3 Å². The third kappa shape index (κ3) is 4.90. The van der Waals surface area contributed by atoms with Crippen LogP contribution in [0.15, 0.2) is 71.1 Å². The maximum Gasteiger partial charge on any atom is 0.344 e. The molecule has 0 saturated carbocycles. The lowest BCUT2D eigenvalue weighted by atomic mass is 10.1. The van der Waals surface area contributed by atoms with Crippen molar-refractivity contribution in [3.63, 3.8) is 0 Å². The number of carboxylic acid groups (broad SMARTS) is 1. The summed E-state index contributed by atoms with van der Waals surface area (Å²) in [7, 11) is 1.63. The molecule has 3 aromatic carbocycles. The van der Waals surface area contributed by atoms with E-state index in [2.05, 4.69) is 10.3 Å². The second kappa shape index (κ2) is 9.53. The number of nitrogens with one attached hydrogen (secondary N) is 1. The van der Waals surface area contributed by atoms with E-state index in [0.717, 1.165) is 33.5 Å². The van der Waals surface area contributed by atoms with Crippen LogP contribution in [-0.2, 0) is 17.9 Å². The highest BCUT2D eigenvalue weighted by Crippen LogP contribution is 2.30. The Bertz CT molecular complexity index is 1200. The van der Waals surface area contributed by atoms with Crippen LogP contribution >= 0.6 is 0 Å².